The number of carbonyl (C=O) groups excluding carboxylic acids is 7. The number of rotatable bonds is 21. The van der Waals surface area contributed by atoms with Crippen molar-refractivity contribution in [1.29, 1.82) is 0 Å². The molecule has 0 bridgehead atoms. The zero-order valence-electron chi connectivity index (χ0n) is 49.9. The van der Waals surface area contributed by atoms with Crippen LogP contribution in [0.4, 0.5) is 8.78 Å². The quantitative estimate of drug-likeness (QED) is 0.0187. The van der Waals surface area contributed by atoms with Crippen molar-refractivity contribution in [1.82, 2.24) is 0 Å². The summed E-state index contributed by atoms with van der Waals surface area (Å²) in [5.41, 5.74) is -0.00814. The molecule has 1 aliphatic carbocycles. The summed E-state index contributed by atoms with van der Waals surface area (Å²) in [6, 6.07) is 17.5. The summed E-state index contributed by atoms with van der Waals surface area (Å²) in [6.45, 7) is 6.34. The van der Waals surface area contributed by atoms with Crippen LogP contribution in [0.2, 0.25) is 10.0 Å². The number of aliphatic carboxylic acids is 1. The molecule has 1 aliphatic rings. The van der Waals surface area contributed by atoms with E-state index < -0.39 is 73.3 Å². The average molecular weight is 1480 g/mol. The molecule has 7 rings (SSSR count). The van der Waals surface area contributed by atoms with Gasteiger partial charge in [-0.25, -0.2) is 38.5 Å². The van der Waals surface area contributed by atoms with Crippen LogP contribution in [-0.2, 0) is 63.7 Å². The number of thiophene rings is 4. The zero-order chi connectivity index (χ0) is 64.4. The predicted octanol–water partition coefficient (Wildman–Crippen LogP) is 4.73. The molecule has 89 heavy (non-hydrogen) atoms. The molecular formula is C55H60BrCl2F2K2NO22S4. The molecule has 0 unspecified atom stereocenters. The van der Waals surface area contributed by atoms with Crippen LogP contribution in [0.5, 0.6) is 11.5 Å². The van der Waals surface area contributed by atoms with Crippen molar-refractivity contribution in [2.75, 3.05) is 31.8 Å². The third kappa shape index (κ3) is 40.0. The molecule has 1 aromatic carbocycles. The minimum atomic E-state index is -3.04. The number of H-pyrrole nitrogens is 1. The largest absolute Gasteiger partial charge is 1.00 e. The number of nitrogens with one attached hydrogen (secondary N) is 1. The number of halogens is 5. The van der Waals surface area contributed by atoms with Gasteiger partial charge in [0.05, 0.1) is 6.61 Å². The van der Waals surface area contributed by atoms with Crippen LogP contribution < -0.4 is 122 Å². The second kappa shape index (κ2) is 47.1. The normalized spacial score (nSPS) is 11.1. The van der Waals surface area contributed by atoms with Crippen molar-refractivity contribution in [2.45, 2.75) is 84.7 Å². The van der Waals surface area contributed by atoms with Crippen LogP contribution in [0.15, 0.2) is 101 Å². The van der Waals surface area contributed by atoms with Gasteiger partial charge in [-0.1, -0.05) is 69.5 Å². The van der Waals surface area contributed by atoms with E-state index in [2.05, 4.69) is 35.3 Å². The van der Waals surface area contributed by atoms with Gasteiger partial charge in [0.2, 0.25) is 0 Å². The second-order valence-electron chi connectivity index (χ2n) is 18.5. The fraction of sp³-hybridized carbons (Fsp3) is 0.345. The summed E-state index contributed by atoms with van der Waals surface area (Å²) in [4.78, 5) is 105. The van der Waals surface area contributed by atoms with Gasteiger partial charge in [-0.2, -0.15) is 8.78 Å². The van der Waals surface area contributed by atoms with Crippen molar-refractivity contribution < 1.29 is 225 Å². The van der Waals surface area contributed by atoms with E-state index in [0.29, 0.717) is 53.2 Å². The van der Waals surface area contributed by atoms with Crippen molar-refractivity contribution >= 4 is 139 Å². The monoisotopic (exact) mass is 1480 g/mol. The number of benzene rings is 1. The maximum atomic E-state index is 13.0. The first-order valence-electron chi connectivity index (χ1n) is 24.6. The molecule has 1 saturated carbocycles. The van der Waals surface area contributed by atoms with E-state index in [1.807, 2.05) is 20.8 Å². The van der Waals surface area contributed by atoms with Gasteiger partial charge in [0.1, 0.15) is 52.2 Å². The molecule has 478 valence electrons. The van der Waals surface area contributed by atoms with Crippen LogP contribution in [0.3, 0.4) is 0 Å². The number of aromatic carboxylic acids is 1. The Balaban J connectivity index is -0.00000118. The van der Waals surface area contributed by atoms with Crippen LogP contribution in [-0.4, -0.2) is 119 Å². The van der Waals surface area contributed by atoms with Crippen molar-refractivity contribution in [3.05, 3.63) is 141 Å². The Morgan fingerprint density at radius 3 is 1.47 bits per heavy atom. The summed E-state index contributed by atoms with van der Waals surface area (Å²) in [6.07, 6.45) is 4.12. The number of pyridine rings is 1. The zero-order valence-corrected chi connectivity index (χ0v) is 61.5. The molecular weight excluding hydrogens is 1420 g/mol. The molecule has 5 aromatic heterocycles. The molecule has 1 atom stereocenters. The van der Waals surface area contributed by atoms with E-state index in [1.165, 1.54) is 75.9 Å². The molecule has 0 aliphatic heterocycles. The fourth-order valence-electron chi connectivity index (χ4n) is 5.71. The Labute approximate surface area is 630 Å². The number of ether oxygens (including phenoxy) is 8. The van der Waals surface area contributed by atoms with Crippen molar-refractivity contribution in [2.24, 2.45) is 5.92 Å². The predicted molar refractivity (Wildman–Crippen MR) is 315 cm³/mol. The number of carbonyl (C=O) groups is 9. The van der Waals surface area contributed by atoms with Gasteiger partial charge >= 0.3 is 157 Å². The number of aromatic amines is 1. The van der Waals surface area contributed by atoms with Crippen LogP contribution >= 0.6 is 84.5 Å². The van der Waals surface area contributed by atoms with Crippen molar-refractivity contribution in [3.8, 4) is 11.5 Å². The van der Waals surface area contributed by atoms with E-state index in [4.69, 9.17) is 71.9 Å². The first-order chi connectivity index (χ1) is 40.6. The second-order valence-corrected chi connectivity index (χ2v) is 23.7. The Morgan fingerprint density at radius 2 is 1.12 bits per heavy atom. The Hall–Kier alpha value is -3.89. The van der Waals surface area contributed by atoms with Crippen LogP contribution in [0, 0.1) is 5.92 Å². The molecule has 0 radical (unpaired) electrons. The van der Waals surface area contributed by atoms with Gasteiger partial charge < -0.3 is 65.2 Å². The van der Waals surface area contributed by atoms with E-state index in [1.54, 1.807) is 90.8 Å². The number of alkyl halides is 3. The first-order valence-corrected chi connectivity index (χ1v) is 30.0. The van der Waals surface area contributed by atoms with Gasteiger partial charge in [0.15, 0.2) is 43.7 Å². The smallest absolute Gasteiger partial charge is 1.00 e. The molecule has 5 heterocycles. The van der Waals surface area contributed by atoms with E-state index >= 15 is 0 Å². The summed E-state index contributed by atoms with van der Waals surface area (Å²) in [5, 5.41) is 32.7. The number of carboxylic acid groups (broad SMARTS) is 2. The topological polar surface area (TPSA) is 344 Å². The van der Waals surface area contributed by atoms with Gasteiger partial charge in [0.25, 0.3) is 6.47 Å². The number of carboxylic acids is 2. The SMILES string of the molecule is CC(C)(C)OC(=O)CBr.CC(C)(C)OC(=O)COC(=O)c1cccs1.O=C(COC(=O)c1cccs1)O[C@@H](Cc1c(Cl)c[nH+]cc1Cl)c1ccc(OC(F)F)c(OCC2CC2)c1.O=C(O)COC(=O)c1cccs1.O=C(O)c1cccs1.O=CO[O-].[H-].[K+].[K+].[OH-]. The van der Waals surface area contributed by atoms with Gasteiger partial charge in [-0.05, 0) is 124 Å². The van der Waals surface area contributed by atoms with E-state index in [0.717, 1.165) is 12.8 Å². The van der Waals surface area contributed by atoms with Gasteiger partial charge in [0, 0.05) is 12.0 Å². The Morgan fingerprint density at radius 1 is 0.697 bits per heavy atom. The minimum Gasteiger partial charge on any atom is -1.00 e. The summed E-state index contributed by atoms with van der Waals surface area (Å²) >= 11 is 20.5. The fourth-order valence-corrected chi connectivity index (χ4v) is 8.77. The Bertz CT molecular complexity index is 3050. The first kappa shape index (κ1) is 87.2. The van der Waals surface area contributed by atoms with Crippen LogP contribution in [0.1, 0.15) is 112 Å². The van der Waals surface area contributed by atoms with E-state index in [-0.39, 0.29) is 158 Å². The molecule has 1 fully saturated rings. The summed E-state index contributed by atoms with van der Waals surface area (Å²) in [7, 11) is 0. The van der Waals surface area contributed by atoms with Crippen molar-refractivity contribution in [3.63, 3.8) is 0 Å². The van der Waals surface area contributed by atoms with Gasteiger partial charge in [-0.3, -0.25) is 9.59 Å². The maximum absolute atomic E-state index is 13.0. The third-order valence-electron chi connectivity index (χ3n) is 9.24. The maximum Gasteiger partial charge on any atom is 1.00 e. The number of esters is 6. The molecule has 0 saturated heterocycles. The number of aromatic nitrogens is 1. The Kier molecular flexibility index (Phi) is 46.1. The number of hydrogen-bond donors (Lipinski definition) is 2. The summed E-state index contributed by atoms with van der Waals surface area (Å²) < 4.78 is 66.1. The average Bonchev–Trinajstić information content (AvgIpc) is 3.42. The molecule has 23 nitrogen and oxygen atoms in total. The molecule has 0 amide bonds. The third-order valence-corrected chi connectivity index (χ3v) is 13.8. The van der Waals surface area contributed by atoms with Gasteiger partial charge in [-0.15, -0.1) is 45.3 Å². The molecule has 34 heteroatoms. The molecule has 6 aromatic rings. The van der Waals surface area contributed by atoms with E-state index in [9.17, 15) is 47.1 Å². The number of hydrogen-bond acceptors (Lipinski definition) is 24. The standard InChI is InChI=1S/C25H21Cl2F2NO6S.C11H14O4S.C7H6O4S.C6H11BrO2.C5H4O2S.CH2O3.2K.H2O.H/c26-17-10-30-11-18(27)16(17)9-20(35-23(31)13-34-24(32)22-2-1-7-37-22)15-5-6-19(36-25(28)29)21(8-15)33-12-14-3-4-14;1-11(2,3)15-9(12)7-14-10(13)8-5-4-6-16-8;8-6(9)4-11-7(10)5-2-1-3-12-5;1-6(2,3)9-5(8)4-7;6-5(7)4-2-1-3-8-4;2-1-4-3;;;;/h1-2,5-8,10-11,14,20,25H,3-4,9,12-13H2;4-6H,7H2,1-3H3;1-3H,4H2,(H,8,9);4H2,1-3H3;1-3H,(H,6,7);1,3H;;;1H2;/q;;;;;;2*+1;;-1/p-1/t20-;;;;;;;;;/m0........./s1. The minimum absolute atomic E-state index is 0. The van der Waals surface area contributed by atoms with Crippen LogP contribution in [0.25, 0.3) is 0 Å². The molecule has 0 spiro atoms. The summed E-state index contributed by atoms with van der Waals surface area (Å²) in [5.74, 6) is -5.02. The molecule has 4 N–H and O–H groups in total.